The molecule has 0 saturated heterocycles. The molecule has 172 valence electrons. The maximum Gasteiger partial charge on any atom is 0.242 e. The van der Waals surface area contributed by atoms with Gasteiger partial charge in [-0.1, -0.05) is 60.4 Å². The Labute approximate surface area is 192 Å². The molecule has 1 aliphatic rings. The summed E-state index contributed by atoms with van der Waals surface area (Å²) < 4.78 is 5.77. The van der Waals surface area contributed by atoms with E-state index in [9.17, 15) is 9.59 Å². The monoisotopic (exact) mass is 436 g/mol. The Bertz CT molecular complexity index is 871. The molecule has 5 heteroatoms. The van der Waals surface area contributed by atoms with Crippen LogP contribution in [0, 0.1) is 13.8 Å². The molecule has 1 N–H and O–H groups in total. The average Bonchev–Trinajstić information content (AvgIpc) is 3.30. The van der Waals surface area contributed by atoms with Crippen LogP contribution >= 0.6 is 0 Å². The fourth-order valence-electron chi connectivity index (χ4n) is 4.06. The van der Waals surface area contributed by atoms with Gasteiger partial charge in [-0.05, 0) is 57.7 Å². The van der Waals surface area contributed by atoms with Gasteiger partial charge in [0.1, 0.15) is 11.8 Å². The van der Waals surface area contributed by atoms with E-state index in [2.05, 4.69) is 5.32 Å². The summed E-state index contributed by atoms with van der Waals surface area (Å²) in [5.41, 5.74) is 3.39. The van der Waals surface area contributed by atoms with Gasteiger partial charge in [-0.15, -0.1) is 0 Å². The molecule has 0 aromatic heterocycles. The number of nitrogens with zero attached hydrogens (tertiary/aromatic N) is 1. The molecule has 1 atom stereocenters. The van der Waals surface area contributed by atoms with Gasteiger partial charge in [0, 0.05) is 19.0 Å². The second-order valence-electron chi connectivity index (χ2n) is 8.94. The van der Waals surface area contributed by atoms with Crippen molar-refractivity contribution in [1.82, 2.24) is 10.2 Å². The number of hydrogen-bond donors (Lipinski definition) is 1. The highest BCUT2D eigenvalue weighted by atomic mass is 16.5. The third kappa shape index (κ3) is 7.11. The van der Waals surface area contributed by atoms with Crippen LogP contribution in [0.2, 0.25) is 0 Å². The van der Waals surface area contributed by atoms with E-state index in [1.54, 1.807) is 4.90 Å². The molecule has 0 bridgehead atoms. The molecule has 5 nitrogen and oxygen atoms in total. The smallest absolute Gasteiger partial charge is 0.242 e. The van der Waals surface area contributed by atoms with Gasteiger partial charge in [0.25, 0.3) is 0 Å². The fourth-order valence-corrected chi connectivity index (χ4v) is 4.06. The standard InChI is InChI=1S/C27H36N2O3/c1-20-10-14-23(15-11-20)19-29(22(3)27(31)28-24-7-4-5-8-24)26(30)9-6-18-32-25-16-12-21(2)13-17-25/h10-17,22,24H,4-9,18-19H2,1-3H3,(H,28,31)/t22-/m0/s1. The summed E-state index contributed by atoms with van der Waals surface area (Å²) in [4.78, 5) is 27.8. The lowest BCUT2D eigenvalue weighted by molar-refractivity contribution is -0.141. The molecule has 2 aromatic carbocycles. The van der Waals surface area contributed by atoms with Crippen molar-refractivity contribution in [3.63, 3.8) is 0 Å². The number of carbonyl (C=O) groups excluding carboxylic acids is 2. The van der Waals surface area contributed by atoms with Gasteiger partial charge >= 0.3 is 0 Å². The van der Waals surface area contributed by atoms with E-state index in [4.69, 9.17) is 4.74 Å². The molecule has 1 fully saturated rings. The van der Waals surface area contributed by atoms with Crippen LogP contribution < -0.4 is 10.1 Å². The lowest BCUT2D eigenvalue weighted by Crippen LogP contribution is -2.49. The van der Waals surface area contributed by atoms with Crippen LogP contribution in [0.1, 0.15) is 62.1 Å². The summed E-state index contributed by atoms with van der Waals surface area (Å²) in [6.07, 6.45) is 5.33. The lowest BCUT2D eigenvalue weighted by Gasteiger charge is -2.30. The predicted molar refractivity (Wildman–Crippen MR) is 127 cm³/mol. The van der Waals surface area contributed by atoms with Crippen LogP contribution in [-0.4, -0.2) is 35.4 Å². The lowest BCUT2D eigenvalue weighted by atomic mass is 10.1. The second kappa shape index (κ2) is 11.7. The first-order chi connectivity index (χ1) is 15.4. The molecule has 0 unspecified atom stereocenters. The van der Waals surface area contributed by atoms with Crippen molar-refractivity contribution in [3.8, 4) is 5.75 Å². The van der Waals surface area contributed by atoms with Crippen LogP contribution in [0.25, 0.3) is 0 Å². The normalized spacial score (nSPS) is 14.7. The summed E-state index contributed by atoms with van der Waals surface area (Å²) in [6, 6.07) is 15.8. The SMILES string of the molecule is Cc1ccc(CN(C(=O)CCCOc2ccc(C)cc2)[C@@H](C)C(=O)NC2CCCC2)cc1. The Morgan fingerprint density at radius 1 is 1.00 bits per heavy atom. The minimum atomic E-state index is -0.512. The van der Waals surface area contributed by atoms with Crippen LogP contribution in [-0.2, 0) is 16.1 Å². The number of nitrogens with one attached hydrogen (secondary N) is 1. The van der Waals surface area contributed by atoms with Gasteiger partial charge in [-0.3, -0.25) is 9.59 Å². The van der Waals surface area contributed by atoms with E-state index < -0.39 is 6.04 Å². The number of benzene rings is 2. The molecule has 3 rings (SSSR count). The number of rotatable bonds is 10. The zero-order chi connectivity index (χ0) is 22.9. The zero-order valence-electron chi connectivity index (χ0n) is 19.6. The Hall–Kier alpha value is -2.82. The van der Waals surface area contributed by atoms with Crippen molar-refractivity contribution < 1.29 is 14.3 Å². The Morgan fingerprint density at radius 2 is 1.59 bits per heavy atom. The van der Waals surface area contributed by atoms with Crippen molar-refractivity contribution >= 4 is 11.8 Å². The Morgan fingerprint density at radius 3 is 2.22 bits per heavy atom. The molecular weight excluding hydrogens is 400 g/mol. The first kappa shape index (κ1) is 23.8. The summed E-state index contributed by atoms with van der Waals surface area (Å²) in [5.74, 6) is 0.726. The van der Waals surface area contributed by atoms with E-state index in [-0.39, 0.29) is 17.9 Å². The third-order valence-corrected chi connectivity index (χ3v) is 6.17. The highest BCUT2D eigenvalue weighted by Gasteiger charge is 2.28. The highest BCUT2D eigenvalue weighted by molar-refractivity contribution is 5.87. The number of hydrogen-bond acceptors (Lipinski definition) is 3. The summed E-state index contributed by atoms with van der Waals surface area (Å²) in [6.45, 7) is 6.81. The van der Waals surface area contributed by atoms with Gasteiger partial charge < -0.3 is 15.0 Å². The Kier molecular flexibility index (Phi) is 8.72. The quantitative estimate of drug-likeness (QED) is 0.537. The molecule has 0 spiro atoms. The van der Waals surface area contributed by atoms with Crippen molar-refractivity contribution in [2.75, 3.05) is 6.61 Å². The minimum absolute atomic E-state index is 0.0212. The number of ether oxygens (including phenoxy) is 1. The van der Waals surface area contributed by atoms with Crippen LogP contribution in [0.5, 0.6) is 5.75 Å². The molecule has 32 heavy (non-hydrogen) atoms. The molecule has 1 aliphatic carbocycles. The zero-order valence-corrected chi connectivity index (χ0v) is 19.6. The van der Waals surface area contributed by atoms with Crippen LogP contribution in [0.4, 0.5) is 0 Å². The summed E-state index contributed by atoms with van der Waals surface area (Å²) >= 11 is 0. The first-order valence-electron chi connectivity index (χ1n) is 11.8. The van der Waals surface area contributed by atoms with E-state index in [0.29, 0.717) is 26.0 Å². The third-order valence-electron chi connectivity index (χ3n) is 6.17. The topological polar surface area (TPSA) is 58.6 Å². The maximum atomic E-state index is 13.1. The van der Waals surface area contributed by atoms with E-state index in [1.165, 1.54) is 11.1 Å². The number of amides is 2. The van der Waals surface area contributed by atoms with Crippen molar-refractivity contribution in [2.24, 2.45) is 0 Å². The molecule has 2 amide bonds. The molecule has 0 aliphatic heterocycles. The minimum Gasteiger partial charge on any atom is -0.494 e. The van der Waals surface area contributed by atoms with Crippen molar-refractivity contribution in [3.05, 3.63) is 65.2 Å². The Balaban J connectivity index is 1.59. The first-order valence-corrected chi connectivity index (χ1v) is 11.8. The number of carbonyl (C=O) groups is 2. The molecule has 0 radical (unpaired) electrons. The van der Waals surface area contributed by atoms with Gasteiger partial charge in [0.2, 0.25) is 11.8 Å². The number of aryl methyl sites for hydroxylation is 2. The van der Waals surface area contributed by atoms with E-state index >= 15 is 0 Å². The van der Waals surface area contributed by atoms with E-state index in [0.717, 1.165) is 37.0 Å². The van der Waals surface area contributed by atoms with Gasteiger partial charge in [-0.25, -0.2) is 0 Å². The summed E-state index contributed by atoms with van der Waals surface area (Å²) in [7, 11) is 0. The van der Waals surface area contributed by atoms with Crippen LogP contribution in [0.15, 0.2) is 48.5 Å². The molecule has 0 heterocycles. The molecule has 1 saturated carbocycles. The average molecular weight is 437 g/mol. The molecular formula is C27H36N2O3. The van der Waals surface area contributed by atoms with Crippen molar-refractivity contribution in [2.45, 2.75) is 77.9 Å². The fraction of sp³-hybridized carbons (Fsp3) is 0.481. The van der Waals surface area contributed by atoms with Gasteiger partial charge in [0.15, 0.2) is 0 Å². The van der Waals surface area contributed by atoms with Crippen molar-refractivity contribution in [1.29, 1.82) is 0 Å². The van der Waals surface area contributed by atoms with Crippen LogP contribution in [0.3, 0.4) is 0 Å². The summed E-state index contributed by atoms with van der Waals surface area (Å²) in [5, 5.41) is 3.14. The predicted octanol–water partition coefficient (Wildman–Crippen LogP) is 4.94. The van der Waals surface area contributed by atoms with Gasteiger partial charge in [0.05, 0.1) is 6.61 Å². The second-order valence-corrected chi connectivity index (χ2v) is 8.94. The van der Waals surface area contributed by atoms with E-state index in [1.807, 2.05) is 69.3 Å². The highest BCUT2D eigenvalue weighted by Crippen LogP contribution is 2.19. The largest absolute Gasteiger partial charge is 0.494 e. The maximum absolute atomic E-state index is 13.1. The van der Waals surface area contributed by atoms with Gasteiger partial charge in [-0.2, -0.15) is 0 Å². The molecule has 2 aromatic rings.